The standard InChI is InChI=1S/C37H53NO8S2/c1-9-26-20-27(10-2)28(21-26)22-44-30(39)14-18-35(6,38-8)23-34(5,32(41)46-37(11-3)16-12-13-17-37)24-36(7,48-25(4)47)33(42)45-29-15-19-43-31(29)40/h9-10,26-29H,1-2,11-24H2,3-7H3. The summed E-state index contributed by atoms with van der Waals surface area (Å²) in [7, 11) is 0. The molecular formula is C37H53NO8S2. The normalized spacial score (nSPS) is 26.9. The minimum absolute atomic E-state index is 0.00380. The van der Waals surface area contributed by atoms with Crippen LogP contribution in [0.3, 0.4) is 0 Å². The lowest BCUT2D eigenvalue weighted by atomic mass is 9.71. The molecule has 0 spiro atoms. The molecule has 0 aromatic heterocycles. The molecule has 3 fully saturated rings. The zero-order chi connectivity index (χ0) is 35.8. The highest BCUT2D eigenvalue weighted by atomic mass is 32.2. The van der Waals surface area contributed by atoms with E-state index < -0.39 is 51.3 Å². The van der Waals surface area contributed by atoms with Crippen molar-refractivity contribution in [1.82, 2.24) is 0 Å². The van der Waals surface area contributed by atoms with Crippen LogP contribution in [0.1, 0.15) is 112 Å². The van der Waals surface area contributed by atoms with E-state index in [2.05, 4.69) is 18.0 Å². The quantitative estimate of drug-likeness (QED) is 0.0490. The van der Waals surface area contributed by atoms with Gasteiger partial charge in [0, 0.05) is 30.4 Å². The van der Waals surface area contributed by atoms with Crippen LogP contribution in [-0.4, -0.2) is 63.3 Å². The number of carbonyl (C=O) groups excluding carboxylic acids is 4. The van der Waals surface area contributed by atoms with E-state index in [0.717, 1.165) is 50.3 Å². The topological polar surface area (TPSA) is 110 Å². The molecule has 1 heterocycles. The summed E-state index contributed by atoms with van der Waals surface area (Å²) in [5.41, 5.74) is -3.12. The Kier molecular flexibility index (Phi) is 13.9. The van der Waals surface area contributed by atoms with Gasteiger partial charge in [-0.15, -0.1) is 24.9 Å². The van der Waals surface area contributed by atoms with Gasteiger partial charge in [0.1, 0.15) is 10.3 Å². The van der Waals surface area contributed by atoms with Crippen molar-refractivity contribution in [2.45, 2.75) is 134 Å². The average molecular weight is 704 g/mol. The number of hydrogen-bond acceptors (Lipinski definition) is 10. The number of rotatable bonds is 17. The van der Waals surface area contributed by atoms with Gasteiger partial charge in [-0.2, -0.15) is 0 Å². The Morgan fingerprint density at radius 1 is 1.12 bits per heavy atom. The summed E-state index contributed by atoms with van der Waals surface area (Å²) in [5.74, 6) is -1.41. The first kappa shape index (κ1) is 39.7. The zero-order valence-corrected chi connectivity index (χ0v) is 30.9. The van der Waals surface area contributed by atoms with Gasteiger partial charge < -0.3 is 23.8 Å². The fourth-order valence-corrected chi connectivity index (χ4v) is 9.37. The molecule has 1 saturated heterocycles. The number of ether oxygens (including phenoxy) is 4. The molecule has 0 bridgehead atoms. The predicted octanol–water partition coefficient (Wildman–Crippen LogP) is 7.75. The van der Waals surface area contributed by atoms with Crippen LogP contribution in [0, 0.1) is 29.7 Å². The number of thioether (sulfide) groups is 1. The monoisotopic (exact) mass is 703 g/mol. The van der Waals surface area contributed by atoms with Crippen LogP contribution in [0.5, 0.6) is 0 Å². The maximum Gasteiger partial charge on any atom is 0.347 e. The Morgan fingerprint density at radius 3 is 2.35 bits per heavy atom. The Morgan fingerprint density at radius 2 is 1.81 bits per heavy atom. The number of thiocarbonyl (C=S) groups is 1. The molecule has 3 aliphatic rings. The van der Waals surface area contributed by atoms with Crippen molar-refractivity contribution in [2.24, 2.45) is 23.2 Å². The summed E-state index contributed by atoms with van der Waals surface area (Å²) in [6, 6.07) is 0. The first-order valence-electron chi connectivity index (χ1n) is 17.2. The summed E-state index contributed by atoms with van der Waals surface area (Å²) in [5, 5.41) is 0. The summed E-state index contributed by atoms with van der Waals surface area (Å²) in [4.78, 5) is 57.2. The zero-order valence-electron chi connectivity index (χ0n) is 29.3. The first-order chi connectivity index (χ1) is 22.5. The number of allylic oxidation sites excluding steroid dienone is 2. The summed E-state index contributed by atoms with van der Waals surface area (Å²) >= 11 is 6.50. The van der Waals surface area contributed by atoms with E-state index in [9.17, 15) is 19.2 Å². The molecule has 0 amide bonds. The molecule has 0 aromatic carbocycles. The van der Waals surface area contributed by atoms with E-state index in [-0.39, 0.29) is 57.2 Å². The number of carbonyl (C=O) groups is 4. The highest BCUT2D eigenvalue weighted by Crippen LogP contribution is 2.48. The van der Waals surface area contributed by atoms with Gasteiger partial charge in [0.05, 0.1) is 25.0 Å². The second kappa shape index (κ2) is 16.8. The Hall–Kier alpha value is -2.71. The van der Waals surface area contributed by atoms with Crippen molar-refractivity contribution in [2.75, 3.05) is 13.2 Å². The average Bonchev–Trinajstić information content (AvgIpc) is 3.78. The number of esters is 4. The molecule has 1 aliphatic heterocycles. The van der Waals surface area contributed by atoms with Gasteiger partial charge in [-0.1, -0.05) is 31.3 Å². The molecule has 3 rings (SSSR count). The lowest BCUT2D eigenvalue weighted by molar-refractivity contribution is -0.175. The van der Waals surface area contributed by atoms with E-state index in [0.29, 0.717) is 16.5 Å². The number of nitrogens with zero attached hydrogens (tertiary/aromatic N) is 1. The number of cyclic esters (lactones) is 1. The van der Waals surface area contributed by atoms with Gasteiger partial charge in [0.2, 0.25) is 11.6 Å². The first-order valence-corrected chi connectivity index (χ1v) is 18.4. The molecule has 2 aliphatic carbocycles. The molecule has 0 aromatic rings. The second-order valence-corrected chi connectivity index (χ2v) is 17.2. The third kappa shape index (κ3) is 10.2. The Balaban J connectivity index is 1.83. The summed E-state index contributed by atoms with van der Waals surface area (Å²) in [6.07, 6.45) is 9.03. The SMILES string of the molecule is [C-]#[N+]C(C)(CCC(=O)OCC1CC(C=C)CC1C=C)CC(C)(CC(C)(SC(C)=S)C(=O)OC1CCOC1=O)C(=O)OC1(CC)CCCC1. The van der Waals surface area contributed by atoms with Crippen LogP contribution in [-0.2, 0) is 38.1 Å². The molecule has 11 heteroatoms. The maximum atomic E-state index is 14.4. The van der Waals surface area contributed by atoms with E-state index in [4.69, 9.17) is 37.7 Å². The molecular weight excluding hydrogens is 651 g/mol. The van der Waals surface area contributed by atoms with E-state index in [1.807, 2.05) is 19.1 Å². The molecule has 0 radical (unpaired) electrons. The summed E-state index contributed by atoms with van der Waals surface area (Å²) < 4.78 is 21.7. The predicted molar refractivity (Wildman–Crippen MR) is 190 cm³/mol. The van der Waals surface area contributed by atoms with Crippen molar-refractivity contribution >= 4 is 52.1 Å². The third-order valence-electron chi connectivity index (χ3n) is 10.4. The minimum atomic E-state index is -1.38. The molecule has 2 saturated carbocycles. The lowest BCUT2D eigenvalue weighted by Gasteiger charge is -2.40. The van der Waals surface area contributed by atoms with E-state index >= 15 is 0 Å². The largest absolute Gasteiger partial charge is 0.465 e. The molecule has 7 atom stereocenters. The molecule has 0 N–H and O–H groups in total. The van der Waals surface area contributed by atoms with Crippen LogP contribution >= 0.6 is 24.0 Å². The molecule has 48 heavy (non-hydrogen) atoms. The van der Waals surface area contributed by atoms with Gasteiger partial charge >= 0.3 is 23.9 Å². The van der Waals surface area contributed by atoms with Gasteiger partial charge in [0.25, 0.3) is 0 Å². The van der Waals surface area contributed by atoms with Crippen LogP contribution in [0.15, 0.2) is 25.3 Å². The van der Waals surface area contributed by atoms with E-state index in [1.54, 1.807) is 27.7 Å². The smallest absolute Gasteiger partial charge is 0.347 e. The van der Waals surface area contributed by atoms with E-state index in [1.165, 1.54) is 0 Å². The van der Waals surface area contributed by atoms with Gasteiger partial charge in [0.15, 0.2) is 0 Å². The minimum Gasteiger partial charge on any atom is -0.465 e. The lowest BCUT2D eigenvalue weighted by Crippen LogP contribution is -2.49. The second-order valence-electron chi connectivity index (χ2n) is 14.6. The van der Waals surface area contributed by atoms with Crippen molar-refractivity contribution in [3.05, 3.63) is 36.7 Å². The third-order valence-corrected chi connectivity index (χ3v) is 11.7. The van der Waals surface area contributed by atoms with Crippen molar-refractivity contribution in [3.63, 3.8) is 0 Å². The van der Waals surface area contributed by atoms with Gasteiger partial charge in [-0.25, -0.2) is 11.4 Å². The van der Waals surface area contributed by atoms with Crippen molar-refractivity contribution in [3.8, 4) is 0 Å². The highest BCUT2D eigenvalue weighted by Gasteiger charge is 2.54. The molecule has 7 unspecified atom stereocenters. The Bertz CT molecular complexity index is 1290. The van der Waals surface area contributed by atoms with Crippen LogP contribution in [0.2, 0.25) is 0 Å². The van der Waals surface area contributed by atoms with Crippen LogP contribution in [0.25, 0.3) is 4.85 Å². The van der Waals surface area contributed by atoms with Crippen molar-refractivity contribution in [1.29, 1.82) is 0 Å². The van der Waals surface area contributed by atoms with Crippen molar-refractivity contribution < 1.29 is 38.1 Å². The van der Waals surface area contributed by atoms with Crippen LogP contribution in [0.4, 0.5) is 0 Å². The fraction of sp³-hybridized carbons (Fsp3) is 0.730. The van der Waals surface area contributed by atoms with Gasteiger partial charge in [-0.3, -0.25) is 14.4 Å². The van der Waals surface area contributed by atoms with Crippen LogP contribution < -0.4 is 0 Å². The summed E-state index contributed by atoms with van der Waals surface area (Å²) in [6.45, 7) is 25.2. The fourth-order valence-electron chi connectivity index (χ4n) is 7.67. The maximum absolute atomic E-state index is 14.4. The Labute approximate surface area is 296 Å². The molecule has 266 valence electrons. The molecule has 9 nitrogen and oxygen atoms in total. The number of hydrogen-bond donors (Lipinski definition) is 0. The highest BCUT2D eigenvalue weighted by molar-refractivity contribution is 8.24. The van der Waals surface area contributed by atoms with Gasteiger partial charge in [-0.05, 0) is 89.9 Å².